The number of amides is 1. The molecule has 0 fully saturated rings. The molecule has 0 saturated carbocycles. The Bertz CT molecular complexity index is 643. The van der Waals surface area contributed by atoms with E-state index >= 15 is 0 Å². The first kappa shape index (κ1) is 15.9. The maximum atomic E-state index is 12.2. The first-order chi connectivity index (χ1) is 9.85. The molecule has 0 atom stereocenters. The molecule has 0 radical (unpaired) electrons. The Hall–Kier alpha value is -1.47. The van der Waals surface area contributed by atoms with Gasteiger partial charge in [0.1, 0.15) is 0 Å². The first-order valence-electron chi connectivity index (χ1n) is 5.77. The van der Waals surface area contributed by atoms with Crippen LogP contribution in [0.4, 0.5) is 18.9 Å². The van der Waals surface area contributed by atoms with Crippen molar-refractivity contribution in [1.82, 2.24) is 0 Å². The van der Waals surface area contributed by atoms with Crippen LogP contribution in [0.25, 0.3) is 0 Å². The van der Waals surface area contributed by atoms with Crippen molar-refractivity contribution >= 4 is 39.3 Å². The van der Waals surface area contributed by atoms with Gasteiger partial charge in [-0.3, -0.25) is 4.79 Å². The number of nitrogens with one attached hydrogen (secondary N) is 1. The molecule has 0 aliphatic heterocycles. The predicted octanol–water partition coefficient (Wildman–Crippen LogP) is 5.31. The molecule has 2 aromatic rings. The van der Waals surface area contributed by atoms with Gasteiger partial charge in [-0.05, 0) is 64.1 Å². The Morgan fingerprint density at radius 3 is 2.24 bits per heavy atom. The second-order valence-corrected chi connectivity index (χ2v) is 6.00. The third kappa shape index (κ3) is 4.78. The molecule has 1 amide bonds. The van der Waals surface area contributed by atoms with E-state index < -0.39 is 5.51 Å². The van der Waals surface area contributed by atoms with Gasteiger partial charge in [0.15, 0.2) is 0 Å². The van der Waals surface area contributed by atoms with E-state index in [1.807, 2.05) is 6.07 Å². The molecule has 110 valence electrons. The van der Waals surface area contributed by atoms with Crippen LogP contribution in [0.2, 0.25) is 0 Å². The van der Waals surface area contributed by atoms with Crippen LogP contribution in [0, 0.1) is 0 Å². The summed E-state index contributed by atoms with van der Waals surface area (Å²) < 4.78 is 37.4. The largest absolute Gasteiger partial charge is 0.446 e. The van der Waals surface area contributed by atoms with Crippen molar-refractivity contribution in [3.05, 3.63) is 58.6 Å². The van der Waals surface area contributed by atoms with Gasteiger partial charge in [0.2, 0.25) is 0 Å². The number of alkyl halides is 3. The number of anilines is 1. The van der Waals surface area contributed by atoms with Gasteiger partial charge in [0, 0.05) is 14.9 Å². The second kappa shape index (κ2) is 6.53. The van der Waals surface area contributed by atoms with E-state index in [-0.39, 0.29) is 28.1 Å². The standard InChI is InChI=1S/C14H9BrF3NOS/c15-11-3-1-2-4-12(11)19-13(20)9-5-7-10(8-6-9)21-14(16,17)18/h1-8H,(H,19,20). The normalized spacial score (nSPS) is 11.2. The van der Waals surface area contributed by atoms with Gasteiger partial charge in [-0.15, -0.1) is 0 Å². The number of hydrogen-bond donors (Lipinski definition) is 1. The van der Waals surface area contributed by atoms with E-state index in [0.717, 1.165) is 4.47 Å². The van der Waals surface area contributed by atoms with Crippen molar-refractivity contribution in [2.75, 3.05) is 5.32 Å². The molecule has 21 heavy (non-hydrogen) atoms. The lowest BCUT2D eigenvalue weighted by atomic mass is 10.2. The van der Waals surface area contributed by atoms with Crippen LogP contribution in [0.3, 0.4) is 0 Å². The lowest BCUT2D eigenvalue weighted by Gasteiger charge is -2.08. The SMILES string of the molecule is O=C(Nc1ccccc1Br)c1ccc(SC(F)(F)F)cc1. The fourth-order valence-corrected chi connectivity index (χ4v) is 2.49. The highest BCUT2D eigenvalue weighted by atomic mass is 79.9. The number of thioether (sulfide) groups is 1. The maximum Gasteiger partial charge on any atom is 0.446 e. The molecule has 2 nitrogen and oxygen atoms in total. The van der Waals surface area contributed by atoms with Crippen LogP contribution < -0.4 is 5.32 Å². The number of para-hydroxylation sites is 1. The van der Waals surface area contributed by atoms with Crippen molar-refractivity contribution in [2.24, 2.45) is 0 Å². The monoisotopic (exact) mass is 375 g/mol. The molecular formula is C14H9BrF3NOS. The quantitative estimate of drug-likeness (QED) is 0.736. The molecule has 7 heteroatoms. The molecule has 0 aromatic heterocycles. The van der Waals surface area contributed by atoms with Crippen LogP contribution in [-0.2, 0) is 0 Å². The van der Waals surface area contributed by atoms with Gasteiger partial charge in [0.25, 0.3) is 5.91 Å². The van der Waals surface area contributed by atoms with E-state index in [1.54, 1.807) is 18.2 Å². The van der Waals surface area contributed by atoms with Crippen molar-refractivity contribution in [1.29, 1.82) is 0 Å². The maximum absolute atomic E-state index is 12.2. The van der Waals surface area contributed by atoms with Gasteiger partial charge < -0.3 is 5.32 Å². The third-order valence-electron chi connectivity index (χ3n) is 2.47. The minimum absolute atomic E-state index is 0.0416. The zero-order valence-corrected chi connectivity index (χ0v) is 12.8. The molecule has 0 bridgehead atoms. The van der Waals surface area contributed by atoms with E-state index in [2.05, 4.69) is 21.2 Å². The molecule has 0 aliphatic carbocycles. The molecular weight excluding hydrogens is 367 g/mol. The summed E-state index contributed by atoms with van der Waals surface area (Å²) in [5.41, 5.74) is -3.45. The Kier molecular flexibility index (Phi) is 4.95. The Labute approximate surface area is 131 Å². The van der Waals surface area contributed by atoms with Crippen LogP contribution in [-0.4, -0.2) is 11.4 Å². The van der Waals surface area contributed by atoms with E-state index in [1.165, 1.54) is 24.3 Å². The summed E-state index contributed by atoms with van der Waals surface area (Å²) in [7, 11) is 0. The minimum Gasteiger partial charge on any atom is -0.321 e. The Morgan fingerprint density at radius 2 is 1.67 bits per heavy atom. The Balaban J connectivity index is 2.08. The average molecular weight is 376 g/mol. The van der Waals surface area contributed by atoms with E-state index in [0.29, 0.717) is 5.69 Å². The number of carbonyl (C=O) groups excluding carboxylic acids is 1. The van der Waals surface area contributed by atoms with Crippen molar-refractivity contribution in [2.45, 2.75) is 10.4 Å². The number of rotatable bonds is 3. The van der Waals surface area contributed by atoms with Crippen LogP contribution in [0.5, 0.6) is 0 Å². The topological polar surface area (TPSA) is 29.1 Å². The molecule has 0 spiro atoms. The van der Waals surface area contributed by atoms with E-state index in [9.17, 15) is 18.0 Å². The van der Waals surface area contributed by atoms with Crippen LogP contribution >= 0.6 is 27.7 Å². The fraction of sp³-hybridized carbons (Fsp3) is 0.0714. The van der Waals surface area contributed by atoms with Crippen LogP contribution in [0.15, 0.2) is 57.9 Å². The predicted molar refractivity (Wildman–Crippen MR) is 80.4 cm³/mol. The molecule has 0 saturated heterocycles. The molecule has 0 unspecified atom stereocenters. The summed E-state index contributed by atoms with van der Waals surface area (Å²) in [6.45, 7) is 0. The molecule has 2 rings (SSSR count). The lowest BCUT2D eigenvalue weighted by molar-refractivity contribution is -0.0328. The van der Waals surface area contributed by atoms with Gasteiger partial charge in [-0.25, -0.2) is 0 Å². The van der Waals surface area contributed by atoms with Gasteiger partial charge in [0.05, 0.1) is 5.69 Å². The summed E-state index contributed by atoms with van der Waals surface area (Å²) in [4.78, 5) is 12.0. The minimum atomic E-state index is -4.33. The Morgan fingerprint density at radius 1 is 1.05 bits per heavy atom. The van der Waals surface area contributed by atoms with Crippen LogP contribution in [0.1, 0.15) is 10.4 Å². The van der Waals surface area contributed by atoms with Crippen molar-refractivity contribution in [3.8, 4) is 0 Å². The fourth-order valence-electron chi connectivity index (χ4n) is 1.57. The highest BCUT2D eigenvalue weighted by Gasteiger charge is 2.29. The highest BCUT2D eigenvalue weighted by molar-refractivity contribution is 9.10. The van der Waals surface area contributed by atoms with Crippen molar-refractivity contribution in [3.63, 3.8) is 0 Å². The second-order valence-electron chi connectivity index (χ2n) is 4.01. The van der Waals surface area contributed by atoms with Gasteiger partial charge in [-0.2, -0.15) is 13.2 Å². The lowest BCUT2D eigenvalue weighted by Crippen LogP contribution is -2.12. The molecule has 1 N–H and O–H groups in total. The summed E-state index contributed by atoms with van der Waals surface area (Å²) in [5.74, 6) is -0.384. The number of carbonyl (C=O) groups is 1. The summed E-state index contributed by atoms with van der Waals surface area (Å²) >= 11 is 3.09. The van der Waals surface area contributed by atoms with E-state index in [4.69, 9.17) is 0 Å². The smallest absolute Gasteiger partial charge is 0.321 e. The number of halogens is 4. The number of hydrogen-bond acceptors (Lipinski definition) is 2. The number of benzene rings is 2. The zero-order chi connectivity index (χ0) is 15.5. The summed E-state index contributed by atoms with van der Waals surface area (Å²) in [6.07, 6.45) is 0. The van der Waals surface area contributed by atoms with Gasteiger partial charge in [-0.1, -0.05) is 12.1 Å². The highest BCUT2D eigenvalue weighted by Crippen LogP contribution is 2.36. The average Bonchev–Trinajstić information content (AvgIpc) is 2.40. The van der Waals surface area contributed by atoms with Gasteiger partial charge >= 0.3 is 5.51 Å². The van der Waals surface area contributed by atoms with Crippen molar-refractivity contribution < 1.29 is 18.0 Å². The molecule has 0 heterocycles. The molecule has 0 aliphatic rings. The molecule has 2 aromatic carbocycles. The zero-order valence-electron chi connectivity index (χ0n) is 10.4. The summed E-state index contributed by atoms with van der Waals surface area (Å²) in [5, 5.41) is 2.68. The summed E-state index contributed by atoms with van der Waals surface area (Å²) in [6, 6.07) is 12.3. The first-order valence-corrected chi connectivity index (χ1v) is 7.38. The third-order valence-corrected chi connectivity index (χ3v) is 3.90.